The van der Waals surface area contributed by atoms with E-state index in [-0.39, 0.29) is 31.0 Å². The fraction of sp³-hybridized carbons (Fsp3) is 0.667. The van der Waals surface area contributed by atoms with Gasteiger partial charge in [-0.3, -0.25) is 0 Å². The third kappa shape index (κ3) is 3.74. The highest BCUT2D eigenvalue weighted by Gasteiger charge is 2.60. The first-order chi connectivity index (χ1) is 11.8. The molecule has 0 bridgehead atoms. The van der Waals surface area contributed by atoms with E-state index in [0.717, 1.165) is 14.0 Å². The van der Waals surface area contributed by atoms with Crippen LogP contribution in [0.25, 0.3) is 0 Å². The molecule has 2 unspecified atom stereocenters. The second-order valence-electron chi connectivity index (χ2n) is 5.47. The van der Waals surface area contributed by atoms with E-state index in [4.69, 9.17) is 23.7 Å². The molecule has 2 heterocycles. The molecule has 2 atom stereocenters. The minimum absolute atomic E-state index is 0.116. The number of hydrogen-bond donors (Lipinski definition) is 0. The number of ether oxygens (including phenoxy) is 6. The summed E-state index contributed by atoms with van der Waals surface area (Å²) in [5.74, 6) is -2.44. The number of rotatable bonds is 7. The third-order valence-electron chi connectivity index (χ3n) is 3.93. The molecule has 0 spiro atoms. The van der Waals surface area contributed by atoms with Crippen LogP contribution in [0, 0.1) is 0 Å². The third-order valence-corrected chi connectivity index (χ3v) is 3.93. The SMILES string of the molecule is COC(=O)C(Oc1nc(OC)cc(OC)n1)C(C)(F)C1(C)OCCO1. The van der Waals surface area contributed by atoms with E-state index in [1.807, 2.05) is 0 Å². The van der Waals surface area contributed by atoms with Crippen molar-refractivity contribution in [2.75, 3.05) is 34.5 Å². The summed E-state index contributed by atoms with van der Waals surface area (Å²) in [5, 5.41) is 0. The minimum Gasteiger partial charge on any atom is -0.481 e. The Hall–Kier alpha value is -2.20. The molecule has 25 heavy (non-hydrogen) atoms. The fourth-order valence-electron chi connectivity index (χ4n) is 2.27. The van der Waals surface area contributed by atoms with E-state index in [0.29, 0.717) is 0 Å². The average molecular weight is 360 g/mol. The van der Waals surface area contributed by atoms with Crippen LogP contribution >= 0.6 is 0 Å². The Morgan fingerprint density at radius 2 is 1.76 bits per heavy atom. The van der Waals surface area contributed by atoms with Gasteiger partial charge in [0.05, 0.1) is 40.6 Å². The van der Waals surface area contributed by atoms with Gasteiger partial charge in [-0.15, -0.1) is 0 Å². The molecule has 1 aliphatic rings. The second kappa shape index (κ2) is 7.36. The Bertz CT molecular complexity index is 598. The molecule has 1 aromatic heterocycles. The Morgan fingerprint density at radius 3 is 2.20 bits per heavy atom. The van der Waals surface area contributed by atoms with Gasteiger partial charge in [0, 0.05) is 0 Å². The number of carbonyl (C=O) groups excluding carboxylic acids is 1. The standard InChI is InChI=1S/C15H21FN2O7/c1-14(16,15(2)23-6-7-24-15)11(12(19)22-5)25-13-17-9(20-3)8-10(18-13)21-4/h8,11H,6-7H2,1-5H3. The van der Waals surface area contributed by atoms with Crippen molar-refractivity contribution in [1.82, 2.24) is 9.97 Å². The lowest BCUT2D eigenvalue weighted by Crippen LogP contribution is -2.60. The Morgan fingerprint density at radius 1 is 1.24 bits per heavy atom. The van der Waals surface area contributed by atoms with Crippen molar-refractivity contribution in [3.63, 3.8) is 0 Å². The first-order valence-electron chi connectivity index (χ1n) is 7.45. The van der Waals surface area contributed by atoms with Crippen molar-refractivity contribution in [3.8, 4) is 17.8 Å². The van der Waals surface area contributed by atoms with E-state index < -0.39 is 23.5 Å². The maximum absolute atomic E-state index is 15.5. The van der Waals surface area contributed by atoms with Gasteiger partial charge in [0.2, 0.25) is 29.3 Å². The Balaban J connectivity index is 2.37. The van der Waals surface area contributed by atoms with Crippen LogP contribution in [0.2, 0.25) is 0 Å². The normalized spacial score (nSPS) is 19.6. The lowest BCUT2D eigenvalue weighted by Gasteiger charge is -2.38. The van der Waals surface area contributed by atoms with Gasteiger partial charge >= 0.3 is 12.0 Å². The smallest absolute Gasteiger partial charge is 0.350 e. The highest BCUT2D eigenvalue weighted by atomic mass is 19.1. The molecule has 0 saturated carbocycles. The summed E-state index contributed by atoms with van der Waals surface area (Å²) in [6.45, 7) is 2.88. The molecule has 0 radical (unpaired) electrons. The molecule has 2 rings (SSSR count). The second-order valence-corrected chi connectivity index (χ2v) is 5.47. The molecule has 1 fully saturated rings. The molecule has 1 aliphatic heterocycles. The number of aromatic nitrogens is 2. The molecule has 140 valence electrons. The molecular formula is C15H21FN2O7. The van der Waals surface area contributed by atoms with Crippen molar-refractivity contribution in [2.24, 2.45) is 0 Å². The van der Waals surface area contributed by atoms with Crippen LogP contribution in [0.4, 0.5) is 4.39 Å². The fourth-order valence-corrected chi connectivity index (χ4v) is 2.27. The van der Waals surface area contributed by atoms with Gasteiger partial charge in [0.25, 0.3) is 0 Å². The molecule has 1 saturated heterocycles. The van der Waals surface area contributed by atoms with E-state index in [1.54, 1.807) is 0 Å². The predicted molar refractivity (Wildman–Crippen MR) is 81.4 cm³/mol. The van der Waals surface area contributed by atoms with Gasteiger partial charge in [-0.2, -0.15) is 9.97 Å². The van der Waals surface area contributed by atoms with Crippen molar-refractivity contribution in [1.29, 1.82) is 0 Å². The van der Waals surface area contributed by atoms with E-state index in [1.165, 1.54) is 27.2 Å². The lowest BCUT2D eigenvalue weighted by atomic mass is 9.91. The number of nitrogens with zero attached hydrogens (tertiary/aromatic N) is 2. The van der Waals surface area contributed by atoms with Gasteiger partial charge in [0.1, 0.15) is 0 Å². The number of alkyl halides is 1. The molecule has 0 amide bonds. The maximum atomic E-state index is 15.5. The van der Waals surface area contributed by atoms with Crippen LogP contribution in [-0.2, 0) is 19.0 Å². The largest absolute Gasteiger partial charge is 0.481 e. The van der Waals surface area contributed by atoms with Crippen molar-refractivity contribution in [3.05, 3.63) is 6.07 Å². The van der Waals surface area contributed by atoms with Crippen LogP contribution < -0.4 is 14.2 Å². The molecule has 9 nitrogen and oxygen atoms in total. The molecule has 0 N–H and O–H groups in total. The summed E-state index contributed by atoms with van der Waals surface area (Å²) in [5.41, 5.74) is -2.41. The zero-order valence-electron chi connectivity index (χ0n) is 14.7. The van der Waals surface area contributed by atoms with E-state index in [9.17, 15) is 4.79 Å². The molecule has 1 aromatic rings. The number of methoxy groups -OCH3 is 3. The molecular weight excluding hydrogens is 339 g/mol. The van der Waals surface area contributed by atoms with Gasteiger partial charge in [-0.25, -0.2) is 9.18 Å². The summed E-state index contributed by atoms with van der Waals surface area (Å²) < 4.78 is 46.3. The van der Waals surface area contributed by atoms with Crippen molar-refractivity contribution in [2.45, 2.75) is 31.4 Å². The van der Waals surface area contributed by atoms with Crippen LogP contribution in [-0.4, -0.2) is 68.0 Å². The maximum Gasteiger partial charge on any atom is 0.350 e. The molecule has 0 aliphatic carbocycles. The highest BCUT2D eigenvalue weighted by Crippen LogP contribution is 2.39. The van der Waals surface area contributed by atoms with Gasteiger partial charge in [-0.1, -0.05) is 0 Å². The van der Waals surface area contributed by atoms with Crippen LogP contribution in [0.5, 0.6) is 17.8 Å². The Kier molecular flexibility index (Phi) is 5.63. The quantitative estimate of drug-likeness (QED) is 0.657. The van der Waals surface area contributed by atoms with Crippen molar-refractivity contribution < 1.29 is 37.6 Å². The summed E-state index contributed by atoms with van der Waals surface area (Å²) in [6.07, 6.45) is -1.75. The number of halogens is 1. The Labute approximate surface area is 144 Å². The summed E-state index contributed by atoms with van der Waals surface area (Å²) in [7, 11) is 3.87. The van der Waals surface area contributed by atoms with Gasteiger partial charge < -0.3 is 28.4 Å². The minimum atomic E-state index is -2.41. The lowest BCUT2D eigenvalue weighted by molar-refractivity contribution is -0.250. The van der Waals surface area contributed by atoms with Crippen LogP contribution in [0.15, 0.2) is 6.07 Å². The van der Waals surface area contributed by atoms with Gasteiger partial charge in [0.15, 0.2) is 0 Å². The monoisotopic (exact) mass is 360 g/mol. The zero-order valence-corrected chi connectivity index (χ0v) is 14.7. The molecule has 0 aromatic carbocycles. The number of esters is 1. The average Bonchev–Trinajstić information content (AvgIpc) is 3.06. The van der Waals surface area contributed by atoms with E-state index in [2.05, 4.69) is 14.7 Å². The summed E-state index contributed by atoms with van der Waals surface area (Å²) >= 11 is 0. The van der Waals surface area contributed by atoms with Crippen LogP contribution in [0.1, 0.15) is 13.8 Å². The summed E-state index contributed by atoms with van der Waals surface area (Å²) in [4.78, 5) is 20.0. The van der Waals surface area contributed by atoms with E-state index >= 15 is 4.39 Å². The molecule has 10 heteroatoms. The summed E-state index contributed by atoms with van der Waals surface area (Å²) in [6, 6.07) is 1.08. The first-order valence-corrected chi connectivity index (χ1v) is 7.45. The first kappa shape index (κ1) is 19.1. The zero-order chi connectivity index (χ0) is 18.7. The number of carbonyl (C=O) groups is 1. The van der Waals surface area contributed by atoms with Crippen molar-refractivity contribution >= 4 is 5.97 Å². The predicted octanol–water partition coefficient (Wildman–Crippen LogP) is 0.905. The van der Waals surface area contributed by atoms with Gasteiger partial charge in [-0.05, 0) is 13.8 Å². The topological polar surface area (TPSA) is 98.2 Å². The number of hydrogen-bond acceptors (Lipinski definition) is 9. The van der Waals surface area contributed by atoms with Crippen LogP contribution in [0.3, 0.4) is 0 Å². The highest BCUT2D eigenvalue weighted by molar-refractivity contribution is 5.76.